The Bertz CT molecular complexity index is 428. The van der Waals surface area contributed by atoms with Crippen molar-refractivity contribution >= 4 is 5.82 Å². The summed E-state index contributed by atoms with van der Waals surface area (Å²) in [6.07, 6.45) is 1.04. The molecule has 0 bridgehead atoms. The first-order valence-electron chi connectivity index (χ1n) is 4.36. The number of rotatable bonds is 4. The first-order valence-corrected chi connectivity index (χ1v) is 4.36. The lowest BCUT2D eigenvalue weighted by atomic mass is 10.5. The summed E-state index contributed by atoms with van der Waals surface area (Å²) in [5, 5.41) is 2.46. The highest BCUT2D eigenvalue weighted by molar-refractivity contribution is 5.38. The molecule has 0 saturated heterocycles. The van der Waals surface area contributed by atoms with Gasteiger partial charge in [0.25, 0.3) is 0 Å². The Balaban J connectivity index is 2.91. The van der Waals surface area contributed by atoms with Crippen molar-refractivity contribution in [1.82, 2.24) is 9.55 Å². The van der Waals surface area contributed by atoms with Crippen molar-refractivity contribution in [1.29, 1.82) is 0 Å². The predicted octanol–water partition coefficient (Wildman–Crippen LogP) is 0.839. The van der Waals surface area contributed by atoms with Crippen molar-refractivity contribution in [2.24, 2.45) is 7.05 Å². The SMILES string of the molecule is C=C(Nc1nc(=O)n(C)cc1F)OCC. The third kappa shape index (κ3) is 2.80. The van der Waals surface area contributed by atoms with E-state index >= 15 is 0 Å². The molecule has 15 heavy (non-hydrogen) atoms. The van der Waals surface area contributed by atoms with Gasteiger partial charge >= 0.3 is 5.69 Å². The molecule has 1 aromatic rings. The van der Waals surface area contributed by atoms with Crippen molar-refractivity contribution in [3.63, 3.8) is 0 Å². The third-order valence-electron chi connectivity index (χ3n) is 1.62. The molecule has 1 aromatic heterocycles. The quantitative estimate of drug-likeness (QED) is 0.753. The summed E-state index contributed by atoms with van der Waals surface area (Å²) < 4.78 is 19.2. The van der Waals surface area contributed by atoms with Crippen LogP contribution in [0.15, 0.2) is 23.5 Å². The van der Waals surface area contributed by atoms with E-state index < -0.39 is 11.5 Å². The normalized spacial score (nSPS) is 9.80. The molecule has 0 atom stereocenters. The van der Waals surface area contributed by atoms with Crippen molar-refractivity contribution in [3.05, 3.63) is 35.0 Å². The van der Waals surface area contributed by atoms with E-state index in [4.69, 9.17) is 4.74 Å². The number of anilines is 1. The van der Waals surface area contributed by atoms with E-state index in [0.29, 0.717) is 6.61 Å². The summed E-state index contributed by atoms with van der Waals surface area (Å²) in [6, 6.07) is 0. The van der Waals surface area contributed by atoms with Gasteiger partial charge < -0.3 is 10.1 Å². The molecule has 1 heterocycles. The second kappa shape index (κ2) is 4.59. The van der Waals surface area contributed by atoms with Gasteiger partial charge in [-0.05, 0) is 13.5 Å². The number of halogens is 1. The standard InChI is InChI=1S/C9H12FN3O2/c1-4-15-6(2)11-8-7(10)5-13(3)9(14)12-8/h5H,2,4H2,1,3H3,(H,11,12,14). The Hall–Kier alpha value is -1.85. The van der Waals surface area contributed by atoms with Gasteiger partial charge in [-0.1, -0.05) is 0 Å². The molecule has 0 unspecified atom stereocenters. The molecule has 0 aromatic carbocycles. The number of aromatic nitrogens is 2. The zero-order valence-electron chi connectivity index (χ0n) is 8.58. The summed E-state index contributed by atoms with van der Waals surface area (Å²) in [5.41, 5.74) is -0.553. The number of nitrogens with one attached hydrogen (secondary N) is 1. The summed E-state index contributed by atoms with van der Waals surface area (Å²) in [7, 11) is 1.42. The maximum absolute atomic E-state index is 13.2. The van der Waals surface area contributed by atoms with E-state index in [0.717, 1.165) is 10.8 Å². The van der Waals surface area contributed by atoms with Crippen LogP contribution in [0.1, 0.15) is 6.92 Å². The van der Waals surface area contributed by atoms with Crippen LogP contribution in [-0.2, 0) is 11.8 Å². The van der Waals surface area contributed by atoms with Crippen LogP contribution in [0.4, 0.5) is 10.2 Å². The molecule has 1 N–H and O–H groups in total. The topological polar surface area (TPSA) is 56.2 Å². The molecule has 0 aliphatic rings. The average molecular weight is 213 g/mol. The summed E-state index contributed by atoms with van der Waals surface area (Å²) in [4.78, 5) is 14.6. The molecule has 0 spiro atoms. The van der Waals surface area contributed by atoms with Crippen molar-refractivity contribution in [2.75, 3.05) is 11.9 Å². The fourth-order valence-corrected chi connectivity index (χ4v) is 0.944. The lowest BCUT2D eigenvalue weighted by Gasteiger charge is -2.09. The molecule has 0 saturated carbocycles. The molecule has 6 heteroatoms. The van der Waals surface area contributed by atoms with Gasteiger partial charge in [-0.15, -0.1) is 0 Å². The van der Waals surface area contributed by atoms with Gasteiger partial charge in [0, 0.05) is 13.2 Å². The number of hydrogen-bond donors (Lipinski definition) is 1. The van der Waals surface area contributed by atoms with E-state index in [-0.39, 0.29) is 11.7 Å². The minimum absolute atomic E-state index is 0.150. The van der Waals surface area contributed by atoms with Crippen LogP contribution in [0.3, 0.4) is 0 Å². The number of hydrogen-bond acceptors (Lipinski definition) is 4. The van der Waals surface area contributed by atoms with Crippen LogP contribution < -0.4 is 11.0 Å². The number of nitrogens with zero attached hydrogens (tertiary/aromatic N) is 2. The summed E-state index contributed by atoms with van der Waals surface area (Å²) in [5.74, 6) is -0.674. The van der Waals surface area contributed by atoms with Crippen LogP contribution in [-0.4, -0.2) is 16.2 Å². The predicted molar refractivity (Wildman–Crippen MR) is 53.8 cm³/mol. The maximum Gasteiger partial charge on any atom is 0.349 e. The van der Waals surface area contributed by atoms with Gasteiger partial charge in [0.2, 0.25) is 0 Å². The highest BCUT2D eigenvalue weighted by atomic mass is 19.1. The zero-order chi connectivity index (χ0) is 11.4. The molecule has 5 nitrogen and oxygen atoms in total. The van der Waals surface area contributed by atoms with E-state index in [1.165, 1.54) is 7.05 Å². The first kappa shape index (κ1) is 11.2. The van der Waals surface area contributed by atoms with Gasteiger partial charge in [-0.2, -0.15) is 4.98 Å². The van der Waals surface area contributed by atoms with Crippen LogP contribution in [0.2, 0.25) is 0 Å². The largest absolute Gasteiger partial charge is 0.480 e. The molecule has 1 rings (SSSR count). The van der Waals surface area contributed by atoms with Gasteiger partial charge in [-0.3, -0.25) is 4.57 Å². The molecular weight excluding hydrogens is 201 g/mol. The van der Waals surface area contributed by atoms with Gasteiger partial charge in [0.1, 0.15) is 0 Å². The van der Waals surface area contributed by atoms with E-state index in [9.17, 15) is 9.18 Å². The summed E-state index contributed by atoms with van der Waals surface area (Å²) in [6.45, 7) is 5.65. The smallest absolute Gasteiger partial charge is 0.349 e. The first-order chi connectivity index (χ1) is 7.04. The molecule has 0 aliphatic carbocycles. The highest BCUT2D eigenvalue weighted by Gasteiger charge is 2.07. The Morgan fingerprint density at radius 2 is 2.47 bits per heavy atom. The molecule has 0 radical (unpaired) electrons. The maximum atomic E-state index is 13.2. The Morgan fingerprint density at radius 3 is 3.07 bits per heavy atom. The number of ether oxygens (including phenoxy) is 1. The average Bonchev–Trinajstić information content (AvgIpc) is 2.14. The molecule has 0 fully saturated rings. The van der Waals surface area contributed by atoms with Crippen LogP contribution in [0.25, 0.3) is 0 Å². The van der Waals surface area contributed by atoms with Crippen molar-refractivity contribution < 1.29 is 9.13 Å². The van der Waals surface area contributed by atoms with E-state index in [1.807, 2.05) is 0 Å². The second-order valence-corrected chi connectivity index (χ2v) is 2.81. The van der Waals surface area contributed by atoms with Crippen molar-refractivity contribution in [2.45, 2.75) is 6.92 Å². The highest BCUT2D eigenvalue weighted by Crippen LogP contribution is 2.09. The lowest BCUT2D eigenvalue weighted by Crippen LogP contribution is -2.22. The Labute approximate surface area is 86.2 Å². The molecule has 0 amide bonds. The van der Waals surface area contributed by atoms with Gasteiger partial charge in [0.15, 0.2) is 17.5 Å². The third-order valence-corrected chi connectivity index (χ3v) is 1.62. The van der Waals surface area contributed by atoms with E-state index in [2.05, 4.69) is 16.9 Å². The molecule has 82 valence electrons. The van der Waals surface area contributed by atoms with Gasteiger partial charge in [0.05, 0.1) is 6.61 Å². The number of aryl methyl sites for hydroxylation is 1. The Kier molecular flexibility index (Phi) is 3.43. The fourth-order valence-electron chi connectivity index (χ4n) is 0.944. The minimum atomic E-state index is -0.641. The fraction of sp³-hybridized carbons (Fsp3) is 0.333. The molecular formula is C9H12FN3O2. The van der Waals surface area contributed by atoms with Crippen LogP contribution >= 0.6 is 0 Å². The minimum Gasteiger partial charge on any atom is -0.480 e. The monoisotopic (exact) mass is 213 g/mol. The van der Waals surface area contributed by atoms with E-state index in [1.54, 1.807) is 6.92 Å². The van der Waals surface area contributed by atoms with Crippen LogP contribution in [0.5, 0.6) is 0 Å². The Morgan fingerprint density at radius 1 is 1.80 bits per heavy atom. The summed E-state index contributed by atoms with van der Waals surface area (Å²) >= 11 is 0. The molecule has 0 aliphatic heterocycles. The van der Waals surface area contributed by atoms with Crippen molar-refractivity contribution in [3.8, 4) is 0 Å². The lowest BCUT2D eigenvalue weighted by molar-refractivity contribution is 0.236. The van der Waals surface area contributed by atoms with Crippen LogP contribution in [0, 0.1) is 5.82 Å². The van der Waals surface area contributed by atoms with Gasteiger partial charge in [-0.25, -0.2) is 9.18 Å². The second-order valence-electron chi connectivity index (χ2n) is 2.81. The zero-order valence-corrected chi connectivity index (χ0v) is 8.58.